The maximum atomic E-state index is 12.9. The van der Waals surface area contributed by atoms with E-state index in [1.54, 1.807) is 0 Å². The van der Waals surface area contributed by atoms with Crippen LogP contribution in [0.4, 0.5) is 0 Å². The van der Waals surface area contributed by atoms with Crippen molar-refractivity contribution in [2.75, 3.05) is 6.54 Å². The molecule has 0 aromatic rings. The SMILES string of the molecule is CCCCC(CC)CC(=O)C(=O)CCC(CCCCCNC1CC(C)(C)NC(C)(C)C1)NC1CC(C)(C)NC(C)(C)C1. The fourth-order valence-electron chi connectivity index (χ4n) is 8.31. The first-order valence-corrected chi connectivity index (χ1v) is 17.6. The van der Waals surface area contributed by atoms with Crippen LogP contribution in [0, 0.1) is 5.92 Å². The maximum Gasteiger partial charge on any atom is 0.198 e. The summed E-state index contributed by atoms with van der Waals surface area (Å²) in [5, 5.41) is 15.4. The van der Waals surface area contributed by atoms with Crippen molar-refractivity contribution in [2.24, 2.45) is 5.92 Å². The molecule has 0 aromatic heterocycles. The highest BCUT2D eigenvalue weighted by molar-refractivity contribution is 6.37. The Labute approximate surface area is 260 Å². The second kappa shape index (κ2) is 16.5. The number of hydrogen-bond acceptors (Lipinski definition) is 6. The van der Waals surface area contributed by atoms with Gasteiger partial charge in [-0.1, -0.05) is 52.4 Å². The van der Waals surface area contributed by atoms with E-state index >= 15 is 0 Å². The number of carbonyl (C=O) groups is 2. The van der Waals surface area contributed by atoms with Crippen LogP contribution in [0.25, 0.3) is 0 Å². The van der Waals surface area contributed by atoms with Gasteiger partial charge >= 0.3 is 0 Å². The molecule has 0 aliphatic carbocycles. The Balaban J connectivity index is 1.88. The summed E-state index contributed by atoms with van der Waals surface area (Å²) in [6, 6.07) is 1.26. The van der Waals surface area contributed by atoms with E-state index in [2.05, 4.69) is 90.5 Å². The van der Waals surface area contributed by atoms with Crippen LogP contribution in [0.2, 0.25) is 0 Å². The van der Waals surface area contributed by atoms with Gasteiger partial charge in [0, 0.05) is 53.1 Å². The Morgan fingerprint density at radius 2 is 1.24 bits per heavy atom. The van der Waals surface area contributed by atoms with Crippen LogP contribution in [0.3, 0.4) is 0 Å². The van der Waals surface area contributed by atoms with Crippen LogP contribution in [0.5, 0.6) is 0 Å². The molecule has 0 amide bonds. The standard InChI is InChI=1S/C36H70N4O2/c1-11-13-17-27(12-2)22-32(42)31(41)20-19-28(38-30-25-35(7,8)40-36(9,10)26-30)18-15-14-16-21-37-29-23-33(3,4)39-34(5,6)24-29/h27-30,37-40H,11-26H2,1-10H3. The van der Waals surface area contributed by atoms with Gasteiger partial charge in [-0.15, -0.1) is 0 Å². The van der Waals surface area contributed by atoms with Crippen LogP contribution in [-0.2, 0) is 9.59 Å². The molecule has 0 spiro atoms. The van der Waals surface area contributed by atoms with Gasteiger partial charge in [-0.05, 0) is 113 Å². The Morgan fingerprint density at radius 1 is 0.690 bits per heavy atom. The van der Waals surface area contributed by atoms with Gasteiger partial charge in [0.25, 0.3) is 0 Å². The highest BCUT2D eigenvalue weighted by Crippen LogP contribution is 2.30. The molecule has 6 nitrogen and oxygen atoms in total. The Bertz CT molecular complexity index is 802. The van der Waals surface area contributed by atoms with Crippen LogP contribution in [0.1, 0.15) is 166 Å². The van der Waals surface area contributed by atoms with E-state index in [0.717, 1.165) is 77.2 Å². The first-order chi connectivity index (χ1) is 19.4. The van der Waals surface area contributed by atoms with E-state index < -0.39 is 0 Å². The first kappa shape index (κ1) is 37.4. The molecule has 4 N–H and O–H groups in total. The zero-order valence-corrected chi connectivity index (χ0v) is 29.4. The number of Topliss-reactive ketones (excluding diaryl/α,β-unsaturated/α-hetero) is 2. The van der Waals surface area contributed by atoms with Gasteiger partial charge in [-0.25, -0.2) is 0 Å². The highest BCUT2D eigenvalue weighted by Gasteiger charge is 2.39. The minimum Gasteiger partial charge on any atom is -0.314 e. The van der Waals surface area contributed by atoms with E-state index in [-0.39, 0.29) is 39.8 Å². The molecule has 0 radical (unpaired) electrons. The monoisotopic (exact) mass is 591 g/mol. The van der Waals surface area contributed by atoms with Crippen LogP contribution >= 0.6 is 0 Å². The van der Waals surface area contributed by atoms with Gasteiger partial charge in [0.15, 0.2) is 11.6 Å². The quantitative estimate of drug-likeness (QED) is 0.0938. The van der Waals surface area contributed by atoms with E-state index in [0.29, 0.717) is 30.8 Å². The molecular weight excluding hydrogens is 520 g/mol. The van der Waals surface area contributed by atoms with Gasteiger partial charge in [-0.3, -0.25) is 9.59 Å². The van der Waals surface area contributed by atoms with Crippen molar-refractivity contribution in [3.05, 3.63) is 0 Å². The molecule has 0 bridgehead atoms. The zero-order valence-electron chi connectivity index (χ0n) is 29.4. The number of nitrogens with one attached hydrogen (secondary N) is 4. The van der Waals surface area contributed by atoms with Gasteiger partial charge in [0.1, 0.15) is 0 Å². The molecule has 2 saturated heterocycles. The van der Waals surface area contributed by atoms with Crippen LogP contribution in [-0.4, -0.2) is 58.4 Å². The second-order valence-corrected chi connectivity index (χ2v) is 16.7. The van der Waals surface area contributed by atoms with Gasteiger partial charge in [0.2, 0.25) is 0 Å². The topological polar surface area (TPSA) is 82.3 Å². The summed E-state index contributed by atoms with van der Waals surface area (Å²) in [5.41, 5.74) is 0.489. The minimum absolute atomic E-state index is 0.0762. The zero-order chi connectivity index (χ0) is 31.6. The maximum absolute atomic E-state index is 12.9. The fraction of sp³-hybridized carbons (Fsp3) is 0.944. The van der Waals surface area contributed by atoms with Crippen molar-refractivity contribution < 1.29 is 9.59 Å². The lowest BCUT2D eigenvalue weighted by Gasteiger charge is -2.47. The molecule has 2 rings (SSSR count). The summed E-state index contributed by atoms with van der Waals surface area (Å²) in [6.07, 6.45) is 14.9. The molecule has 2 fully saturated rings. The van der Waals surface area contributed by atoms with Crippen molar-refractivity contribution in [1.82, 2.24) is 21.3 Å². The Kier molecular flexibility index (Phi) is 14.7. The minimum atomic E-state index is -0.153. The third kappa shape index (κ3) is 14.3. The predicted molar refractivity (Wildman–Crippen MR) is 179 cm³/mol. The molecular formula is C36H70N4O2. The fourth-order valence-corrected chi connectivity index (χ4v) is 8.31. The Hall–Kier alpha value is -0.820. The molecule has 2 heterocycles. The van der Waals surface area contributed by atoms with Crippen molar-refractivity contribution in [3.8, 4) is 0 Å². The molecule has 0 aromatic carbocycles. The van der Waals surface area contributed by atoms with Gasteiger partial charge < -0.3 is 21.3 Å². The Morgan fingerprint density at radius 3 is 1.76 bits per heavy atom. The number of piperidine rings is 2. The number of rotatable bonds is 19. The smallest absolute Gasteiger partial charge is 0.198 e. The number of carbonyl (C=O) groups excluding carboxylic acids is 2. The largest absolute Gasteiger partial charge is 0.314 e. The van der Waals surface area contributed by atoms with Gasteiger partial charge in [0.05, 0.1) is 0 Å². The first-order valence-electron chi connectivity index (χ1n) is 17.6. The molecule has 2 atom stereocenters. The van der Waals surface area contributed by atoms with Gasteiger partial charge in [-0.2, -0.15) is 0 Å². The molecule has 0 saturated carbocycles. The summed E-state index contributed by atoms with van der Waals surface area (Å²) >= 11 is 0. The molecule has 2 aliphatic heterocycles. The molecule has 42 heavy (non-hydrogen) atoms. The van der Waals surface area contributed by atoms with E-state index in [1.807, 2.05) is 0 Å². The van der Waals surface area contributed by atoms with Crippen LogP contribution in [0.15, 0.2) is 0 Å². The summed E-state index contributed by atoms with van der Waals surface area (Å²) in [6.45, 7) is 23.8. The van der Waals surface area contributed by atoms with E-state index in [1.165, 1.54) is 12.8 Å². The van der Waals surface area contributed by atoms with Crippen molar-refractivity contribution in [3.63, 3.8) is 0 Å². The summed E-state index contributed by atoms with van der Waals surface area (Å²) in [4.78, 5) is 25.7. The summed E-state index contributed by atoms with van der Waals surface area (Å²) in [5.74, 6) is 0.0565. The third-order valence-electron chi connectivity index (χ3n) is 9.56. The number of hydrogen-bond donors (Lipinski definition) is 4. The molecule has 246 valence electrons. The van der Waals surface area contributed by atoms with E-state index in [9.17, 15) is 9.59 Å². The number of unbranched alkanes of at least 4 members (excludes halogenated alkanes) is 3. The van der Waals surface area contributed by atoms with Crippen molar-refractivity contribution >= 4 is 11.6 Å². The lowest BCUT2D eigenvalue weighted by Crippen LogP contribution is -2.62. The molecule has 6 heteroatoms. The number of ketones is 2. The van der Waals surface area contributed by atoms with Crippen molar-refractivity contribution in [1.29, 1.82) is 0 Å². The summed E-state index contributed by atoms with van der Waals surface area (Å²) in [7, 11) is 0. The predicted octanol–water partition coefficient (Wildman–Crippen LogP) is 7.24. The summed E-state index contributed by atoms with van der Waals surface area (Å²) < 4.78 is 0. The molecule has 2 aliphatic rings. The lowest BCUT2D eigenvalue weighted by atomic mass is 9.79. The van der Waals surface area contributed by atoms with Crippen LogP contribution < -0.4 is 21.3 Å². The van der Waals surface area contributed by atoms with E-state index in [4.69, 9.17) is 0 Å². The molecule has 2 unspecified atom stereocenters. The average Bonchev–Trinajstić information content (AvgIpc) is 2.82. The highest BCUT2D eigenvalue weighted by atomic mass is 16.2. The lowest BCUT2D eigenvalue weighted by molar-refractivity contribution is -0.137. The normalized spacial score (nSPS) is 23.4. The third-order valence-corrected chi connectivity index (χ3v) is 9.56. The second-order valence-electron chi connectivity index (χ2n) is 16.7. The average molecular weight is 591 g/mol. The van der Waals surface area contributed by atoms with Crippen molar-refractivity contribution in [2.45, 2.75) is 206 Å².